The molecule has 1 N–H and O–H groups in total. The highest BCUT2D eigenvalue weighted by Crippen LogP contribution is 2.29. The lowest BCUT2D eigenvalue weighted by Crippen LogP contribution is -2.31. The predicted molar refractivity (Wildman–Crippen MR) is 103 cm³/mol. The van der Waals surface area contributed by atoms with Gasteiger partial charge in [-0.05, 0) is 29.5 Å². The van der Waals surface area contributed by atoms with Crippen LogP contribution in [0.25, 0.3) is 0 Å². The zero-order valence-corrected chi connectivity index (χ0v) is 17.1. The van der Waals surface area contributed by atoms with Crippen molar-refractivity contribution in [2.75, 3.05) is 0 Å². The van der Waals surface area contributed by atoms with E-state index in [0.29, 0.717) is 18.1 Å². The number of nitrogens with zero attached hydrogens (tertiary/aromatic N) is 2. The van der Waals surface area contributed by atoms with Crippen molar-refractivity contribution >= 4 is 5.91 Å². The summed E-state index contributed by atoms with van der Waals surface area (Å²) in [5, 5.41) is 7.04. The van der Waals surface area contributed by atoms with E-state index in [0.717, 1.165) is 12.0 Å². The minimum Gasteiger partial charge on any atom is -0.349 e. The molecular formula is C21H30FN3O2. The monoisotopic (exact) mass is 375 g/mol. The first-order chi connectivity index (χ1) is 12.4. The maximum Gasteiger partial charge on any atom is 0.227 e. The minimum atomic E-state index is -0.286. The Morgan fingerprint density at radius 3 is 2.30 bits per heavy atom. The minimum absolute atomic E-state index is 0.0143. The van der Waals surface area contributed by atoms with Gasteiger partial charge in [0.15, 0.2) is 5.82 Å². The van der Waals surface area contributed by atoms with Gasteiger partial charge in [0, 0.05) is 18.3 Å². The number of aromatic nitrogens is 2. The fourth-order valence-electron chi connectivity index (χ4n) is 2.71. The van der Waals surface area contributed by atoms with E-state index >= 15 is 0 Å². The van der Waals surface area contributed by atoms with E-state index in [-0.39, 0.29) is 35.0 Å². The van der Waals surface area contributed by atoms with Crippen LogP contribution in [-0.4, -0.2) is 16.0 Å². The number of hydrogen-bond acceptors (Lipinski definition) is 4. The van der Waals surface area contributed by atoms with Crippen LogP contribution in [0.2, 0.25) is 0 Å². The van der Waals surface area contributed by atoms with Gasteiger partial charge in [-0.15, -0.1) is 0 Å². The van der Waals surface area contributed by atoms with Crippen molar-refractivity contribution in [3.63, 3.8) is 0 Å². The predicted octanol–water partition coefficient (Wildman–Crippen LogP) is 4.73. The molecule has 5 nitrogen and oxygen atoms in total. The Bertz CT molecular complexity index is 755. The van der Waals surface area contributed by atoms with Crippen molar-refractivity contribution in [3.05, 3.63) is 47.4 Å². The lowest BCUT2D eigenvalue weighted by molar-refractivity contribution is -0.122. The summed E-state index contributed by atoms with van der Waals surface area (Å²) in [6, 6.07) is 6.11. The highest BCUT2D eigenvalue weighted by Gasteiger charge is 2.23. The number of rotatable bonds is 6. The number of benzene rings is 1. The zero-order chi connectivity index (χ0) is 20.2. The first-order valence-electron chi connectivity index (χ1n) is 9.32. The summed E-state index contributed by atoms with van der Waals surface area (Å²) in [5.41, 5.74) is 0.720. The van der Waals surface area contributed by atoms with E-state index in [9.17, 15) is 9.18 Å². The van der Waals surface area contributed by atoms with Crippen molar-refractivity contribution in [3.8, 4) is 0 Å². The normalized spacial score (nSPS) is 13.4. The molecule has 1 aromatic carbocycles. The van der Waals surface area contributed by atoms with Crippen molar-refractivity contribution in [1.29, 1.82) is 0 Å². The lowest BCUT2D eigenvalue weighted by atomic mass is 9.85. The van der Waals surface area contributed by atoms with E-state index in [2.05, 4.69) is 36.2 Å². The second-order valence-corrected chi connectivity index (χ2v) is 9.20. The number of carbonyl (C=O) groups is 1. The Labute approximate surface area is 160 Å². The molecule has 0 saturated carbocycles. The van der Waals surface area contributed by atoms with Gasteiger partial charge in [0.1, 0.15) is 5.82 Å². The second-order valence-electron chi connectivity index (χ2n) is 9.20. The molecule has 1 aromatic heterocycles. The van der Waals surface area contributed by atoms with Gasteiger partial charge in [-0.3, -0.25) is 4.79 Å². The maximum absolute atomic E-state index is 13.2. The van der Waals surface area contributed by atoms with E-state index in [1.54, 1.807) is 12.1 Å². The first kappa shape index (κ1) is 21.1. The van der Waals surface area contributed by atoms with Crippen LogP contribution in [0, 0.1) is 11.2 Å². The molecule has 6 heteroatoms. The smallest absolute Gasteiger partial charge is 0.227 e. The number of carbonyl (C=O) groups excluding carboxylic acids is 1. The van der Waals surface area contributed by atoms with Crippen LogP contribution >= 0.6 is 0 Å². The Balaban J connectivity index is 2.00. The van der Waals surface area contributed by atoms with Gasteiger partial charge in [-0.1, -0.05) is 58.8 Å². The maximum atomic E-state index is 13.2. The third-order valence-corrected chi connectivity index (χ3v) is 4.13. The number of halogens is 1. The number of amides is 1. The summed E-state index contributed by atoms with van der Waals surface area (Å²) in [6.45, 7) is 12.4. The van der Waals surface area contributed by atoms with Crippen LogP contribution in [0.15, 0.2) is 28.8 Å². The van der Waals surface area contributed by atoms with Gasteiger partial charge in [0.25, 0.3) is 0 Å². The molecule has 148 valence electrons. The lowest BCUT2D eigenvalue weighted by Gasteiger charge is -2.27. The summed E-state index contributed by atoms with van der Waals surface area (Å²) >= 11 is 0. The van der Waals surface area contributed by atoms with Crippen molar-refractivity contribution in [2.45, 2.75) is 72.3 Å². The molecule has 1 amide bonds. The molecule has 0 aliphatic rings. The summed E-state index contributed by atoms with van der Waals surface area (Å²) in [7, 11) is 0. The van der Waals surface area contributed by atoms with E-state index in [1.165, 1.54) is 12.1 Å². The third-order valence-electron chi connectivity index (χ3n) is 4.13. The molecule has 1 atom stereocenters. The van der Waals surface area contributed by atoms with Gasteiger partial charge < -0.3 is 9.84 Å². The number of aryl methyl sites for hydroxylation is 1. The van der Waals surface area contributed by atoms with Gasteiger partial charge in [0.05, 0.1) is 6.04 Å². The van der Waals surface area contributed by atoms with Crippen LogP contribution in [0.5, 0.6) is 0 Å². The standard InChI is InChI=1S/C21H30FN3O2/c1-20(2,3)13-16(14-7-9-15(22)10-8-14)23-17(26)11-12-18-24-19(25-27-18)21(4,5)6/h7-10,16H,11-13H2,1-6H3,(H,23,26)/t16-/m1/s1. The number of hydrogen-bond donors (Lipinski definition) is 1. The topological polar surface area (TPSA) is 68.0 Å². The molecule has 0 bridgehead atoms. The Morgan fingerprint density at radius 1 is 1.15 bits per heavy atom. The first-order valence-corrected chi connectivity index (χ1v) is 9.32. The Kier molecular flexibility index (Phi) is 6.39. The van der Waals surface area contributed by atoms with E-state index in [1.807, 2.05) is 20.8 Å². The van der Waals surface area contributed by atoms with E-state index in [4.69, 9.17) is 4.52 Å². The summed E-state index contributed by atoms with van der Waals surface area (Å²) in [5.74, 6) is 0.716. The Morgan fingerprint density at radius 2 is 1.78 bits per heavy atom. The average molecular weight is 375 g/mol. The van der Waals surface area contributed by atoms with Crippen LogP contribution in [0.1, 0.15) is 77.7 Å². The molecule has 0 radical (unpaired) electrons. The SMILES string of the molecule is CC(C)(C)C[C@@H](NC(=O)CCc1nc(C(C)(C)C)no1)c1ccc(F)cc1. The number of nitrogens with one attached hydrogen (secondary N) is 1. The molecular weight excluding hydrogens is 345 g/mol. The largest absolute Gasteiger partial charge is 0.349 e. The van der Waals surface area contributed by atoms with Gasteiger partial charge in [-0.2, -0.15) is 4.98 Å². The molecule has 1 heterocycles. The van der Waals surface area contributed by atoms with Gasteiger partial charge in [-0.25, -0.2) is 4.39 Å². The molecule has 2 rings (SSSR count). The van der Waals surface area contributed by atoms with Gasteiger partial charge in [0.2, 0.25) is 11.8 Å². The molecule has 0 spiro atoms. The van der Waals surface area contributed by atoms with E-state index < -0.39 is 0 Å². The highest BCUT2D eigenvalue weighted by molar-refractivity contribution is 5.76. The summed E-state index contributed by atoms with van der Waals surface area (Å²) in [4.78, 5) is 16.8. The quantitative estimate of drug-likeness (QED) is 0.792. The molecule has 27 heavy (non-hydrogen) atoms. The molecule has 0 aliphatic heterocycles. The van der Waals surface area contributed by atoms with Crippen LogP contribution in [0.3, 0.4) is 0 Å². The highest BCUT2D eigenvalue weighted by atomic mass is 19.1. The van der Waals surface area contributed by atoms with Gasteiger partial charge >= 0.3 is 0 Å². The molecule has 0 saturated heterocycles. The Hall–Kier alpha value is -2.24. The zero-order valence-electron chi connectivity index (χ0n) is 17.1. The molecule has 2 aromatic rings. The van der Waals surface area contributed by atoms with Crippen molar-refractivity contribution < 1.29 is 13.7 Å². The third kappa shape index (κ3) is 6.77. The fraction of sp³-hybridized carbons (Fsp3) is 0.571. The van der Waals surface area contributed by atoms with Crippen LogP contribution in [0.4, 0.5) is 4.39 Å². The molecule has 0 unspecified atom stereocenters. The van der Waals surface area contributed by atoms with Crippen molar-refractivity contribution in [2.24, 2.45) is 5.41 Å². The summed E-state index contributed by atoms with van der Waals surface area (Å²) < 4.78 is 18.5. The van der Waals surface area contributed by atoms with Crippen LogP contribution in [-0.2, 0) is 16.6 Å². The molecule has 0 aliphatic carbocycles. The average Bonchev–Trinajstić information content (AvgIpc) is 3.01. The fourth-order valence-corrected chi connectivity index (χ4v) is 2.71. The second kappa shape index (κ2) is 8.19. The van der Waals surface area contributed by atoms with Crippen LogP contribution < -0.4 is 5.32 Å². The summed E-state index contributed by atoms with van der Waals surface area (Å²) in [6.07, 6.45) is 1.40. The van der Waals surface area contributed by atoms with Crippen molar-refractivity contribution in [1.82, 2.24) is 15.5 Å². The molecule has 0 fully saturated rings.